The summed E-state index contributed by atoms with van der Waals surface area (Å²) < 4.78 is 0. The number of hydrogen-bond acceptors (Lipinski definition) is 4. The van der Waals surface area contributed by atoms with Gasteiger partial charge in [0.15, 0.2) is 5.78 Å². The molecule has 1 N–H and O–H groups in total. The van der Waals surface area contributed by atoms with E-state index in [0.717, 1.165) is 11.1 Å². The van der Waals surface area contributed by atoms with Gasteiger partial charge in [-0.05, 0) is 49.9 Å². The van der Waals surface area contributed by atoms with Crippen LogP contribution in [0.3, 0.4) is 0 Å². The van der Waals surface area contributed by atoms with Crippen molar-refractivity contribution in [1.82, 2.24) is 10.2 Å². The predicted molar refractivity (Wildman–Crippen MR) is 107 cm³/mol. The van der Waals surface area contributed by atoms with Gasteiger partial charge in [0.25, 0.3) is 0 Å². The SMILES string of the molecule is CSc1ccc(CN(C)CC(=O)N[C@@H](Cc2ccccc2)C(C)=O)cc1. The van der Waals surface area contributed by atoms with Crippen LogP contribution in [-0.4, -0.2) is 42.5 Å². The number of hydrogen-bond donors (Lipinski definition) is 1. The van der Waals surface area contributed by atoms with Gasteiger partial charge in [-0.3, -0.25) is 14.5 Å². The molecule has 0 bridgehead atoms. The summed E-state index contributed by atoms with van der Waals surface area (Å²) in [5.74, 6) is -0.165. The average molecular weight is 371 g/mol. The number of amides is 1. The normalized spacial score (nSPS) is 12.0. The molecule has 0 aliphatic carbocycles. The molecule has 4 nitrogen and oxygen atoms in total. The molecule has 0 radical (unpaired) electrons. The van der Waals surface area contributed by atoms with E-state index in [1.165, 1.54) is 11.8 Å². The van der Waals surface area contributed by atoms with Crippen LogP contribution in [0.2, 0.25) is 0 Å². The minimum Gasteiger partial charge on any atom is -0.345 e. The Balaban J connectivity index is 1.87. The van der Waals surface area contributed by atoms with Gasteiger partial charge in [-0.1, -0.05) is 42.5 Å². The third-order valence-electron chi connectivity index (χ3n) is 4.13. The molecule has 0 aliphatic rings. The first kappa shape index (κ1) is 20.2. The number of thioether (sulfide) groups is 1. The maximum atomic E-state index is 12.3. The Bertz CT molecular complexity index is 717. The molecule has 0 unspecified atom stereocenters. The smallest absolute Gasteiger partial charge is 0.234 e. The Hall–Kier alpha value is -2.11. The first-order chi connectivity index (χ1) is 12.5. The molecule has 0 heterocycles. The Morgan fingerprint density at radius 3 is 2.27 bits per heavy atom. The Labute approximate surface area is 160 Å². The van der Waals surface area contributed by atoms with Gasteiger partial charge in [-0.2, -0.15) is 0 Å². The molecule has 138 valence electrons. The highest BCUT2D eigenvalue weighted by atomic mass is 32.2. The summed E-state index contributed by atoms with van der Waals surface area (Å²) in [6, 6.07) is 17.6. The Morgan fingerprint density at radius 2 is 1.69 bits per heavy atom. The van der Waals surface area contributed by atoms with Crippen LogP contribution >= 0.6 is 11.8 Å². The molecule has 0 fully saturated rings. The number of nitrogens with one attached hydrogen (secondary N) is 1. The van der Waals surface area contributed by atoms with Crippen LogP contribution in [0.5, 0.6) is 0 Å². The maximum Gasteiger partial charge on any atom is 0.234 e. The van der Waals surface area contributed by atoms with Crippen LogP contribution in [0.15, 0.2) is 59.5 Å². The topological polar surface area (TPSA) is 49.4 Å². The Kier molecular flexibility index (Phi) is 7.88. The van der Waals surface area contributed by atoms with Gasteiger partial charge in [-0.15, -0.1) is 11.8 Å². The number of nitrogens with zero attached hydrogens (tertiary/aromatic N) is 1. The van der Waals surface area contributed by atoms with Crippen molar-refractivity contribution < 1.29 is 9.59 Å². The summed E-state index contributed by atoms with van der Waals surface area (Å²) >= 11 is 1.71. The van der Waals surface area contributed by atoms with E-state index >= 15 is 0 Å². The molecule has 2 rings (SSSR count). The molecule has 1 atom stereocenters. The van der Waals surface area contributed by atoms with E-state index < -0.39 is 6.04 Å². The number of likely N-dealkylation sites (N-methyl/N-ethyl adjacent to an activating group) is 1. The molecule has 2 aromatic rings. The van der Waals surface area contributed by atoms with Gasteiger partial charge in [0, 0.05) is 11.4 Å². The zero-order valence-electron chi connectivity index (χ0n) is 15.6. The fraction of sp³-hybridized carbons (Fsp3) is 0.333. The quantitative estimate of drug-likeness (QED) is 0.689. The molecule has 0 saturated carbocycles. The van der Waals surface area contributed by atoms with Crippen LogP contribution in [-0.2, 0) is 22.6 Å². The fourth-order valence-corrected chi connectivity index (χ4v) is 3.14. The van der Waals surface area contributed by atoms with E-state index in [2.05, 4.69) is 29.6 Å². The summed E-state index contributed by atoms with van der Waals surface area (Å²) in [5.41, 5.74) is 2.20. The van der Waals surface area contributed by atoms with Crippen molar-refractivity contribution >= 4 is 23.5 Å². The number of carbonyl (C=O) groups is 2. The number of rotatable bonds is 9. The van der Waals surface area contributed by atoms with E-state index in [9.17, 15) is 9.59 Å². The first-order valence-electron chi connectivity index (χ1n) is 8.63. The number of Topliss-reactive ketones (excluding diaryl/α,β-unsaturated/α-hetero) is 1. The molecule has 1 amide bonds. The van der Waals surface area contributed by atoms with Crippen molar-refractivity contribution in [3.63, 3.8) is 0 Å². The highest BCUT2D eigenvalue weighted by Crippen LogP contribution is 2.15. The van der Waals surface area contributed by atoms with Crippen LogP contribution in [0, 0.1) is 0 Å². The summed E-state index contributed by atoms with van der Waals surface area (Å²) in [6.07, 6.45) is 2.56. The number of carbonyl (C=O) groups excluding carboxylic acids is 2. The molecule has 2 aromatic carbocycles. The van der Waals surface area contributed by atoms with Gasteiger partial charge in [0.05, 0.1) is 12.6 Å². The van der Waals surface area contributed by atoms with Crippen molar-refractivity contribution in [3.05, 3.63) is 65.7 Å². The summed E-state index contributed by atoms with van der Waals surface area (Å²) in [7, 11) is 1.90. The van der Waals surface area contributed by atoms with Gasteiger partial charge >= 0.3 is 0 Å². The molecule has 0 aliphatic heterocycles. The average Bonchev–Trinajstić information content (AvgIpc) is 2.62. The van der Waals surface area contributed by atoms with Crippen LogP contribution in [0.4, 0.5) is 0 Å². The van der Waals surface area contributed by atoms with Crippen molar-refractivity contribution in [2.75, 3.05) is 19.8 Å². The van der Waals surface area contributed by atoms with Crippen molar-refractivity contribution in [2.45, 2.75) is 30.8 Å². The monoisotopic (exact) mass is 370 g/mol. The van der Waals surface area contributed by atoms with Crippen LogP contribution in [0.25, 0.3) is 0 Å². The lowest BCUT2D eigenvalue weighted by Crippen LogP contribution is -2.45. The summed E-state index contributed by atoms with van der Waals surface area (Å²) in [4.78, 5) is 27.4. The van der Waals surface area contributed by atoms with Gasteiger partial charge in [0.2, 0.25) is 5.91 Å². The van der Waals surface area contributed by atoms with Gasteiger partial charge < -0.3 is 5.32 Å². The molecule has 0 aromatic heterocycles. The zero-order valence-corrected chi connectivity index (χ0v) is 16.4. The molecule has 0 spiro atoms. The standard InChI is InChI=1S/C21H26N2O2S/c1-16(24)20(13-17-7-5-4-6-8-17)22-21(25)15-23(2)14-18-9-11-19(26-3)12-10-18/h4-12,20H,13-15H2,1-3H3,(H,22,25)/t20-/m0/s1. The third-order valence-corrected chi connectivity index (χ3v) is 4.88. The molecular formula is C21H26N2O2S. The summed E-state index contributed by atoms with van der Waals surface area (Å²) in [5, 5.41) is 2.87. The van der Waals surface area contributed by atoms with Crippen molar-refractivity contribution in [3.8, 4) is 0 Å². The first-order valence-corrected chi connectivity index (χ1v) is 9.85. The molecule has 5 heteroatoms. The lowest BCUT2D eigenvalue weighted by atomic mass is 10.0. The Morgan fingerprint density at radius 1 is 1.04 bits per heavy atom. The van der Waals surface area contributed by atoms with Gasteiger partial charge in [-0.25, -0.2) is 0 Å². The molecular weight excluding hydrogens is 344 g/mol. The van der Waals surface area contributed by atoms with E-state index in [-0.39, 0.29) is 18.2 Å². The van der Waals surface area contributed by atoms with Crippen LogP contribution < -0.4 is 5.32 Å². The van der Waals surface area contributed by atoms with E-state index in [0.29, 0.717) is 13.0 Å². The minimum atomic E-state index is -0.487. The second kappa shape index (κ2) is 10.1. The predicted octanol–water partition coefficient (Wildman–Crippen LogP) is 3.16. The van der Waals surface area contributed by atoms with Crippen molar-refractivity contribution in [2.24, 2.45) is 0 Å². The minimum absolute atomic E-state index is 0.0301. The maximum absolute atomic E-state index is 12.3. The van der Waals surface area contributed by atoms with E-state index in [4.69, 9.17) is 0 Å². The lowest BCUT2D eigenvalue weighted by Gasteiger charge is -2.20. The number of ketones is 1. The zero-order chi connectivity index (χ0) is 18.9. The number of benzene rings is 2. The highest BCUT2D eigenvalue weighted by molar-refractivity contribution is 7.98. The van der Waals surface area contributed by atoms with Crippen molar-refractivity contribution in [1.29, 1.82) is 0 Å². The summed E-state index contributed by atoms with van der Waals surface area (Å²) in [6.45, 7) is 2.46. The fourth-order valence-electron chi connectivity index (χ4n) is 2.73. The van der Waals surface area contributed by atoms with Crippen LogP contribution in [0.1, 0.15) is 18.1 Å². The highest BCUT2D eigenvalue weighted by Gasteiger charge is 2.18. The van der Waals surface area contributed by atoms with E-state index in [1.807, 2.05) is 48.5 Å². The second-order valence-corrected chi connectivity index (χ2v) is 7.32. The largest absolute Gasteiger partial charge is 0.345 e. The van der Waals surface area contributed by atoms with Gasteiger partial charge in [0.1, 0.15) is 0 Å². The second-order valence-electron chi connectivity index (χ2n) is 6.44. The molecule has 0 saturated heterocycles. The van der Waals surface area contributed by atoms with E-state index in [1.54, 1.807) is 11.8 Å². The third kappa shape index (κ3) is 6.65. The lowest BCUT2D eigenvalue weighted by molar-refractivity contribution is -0.127. The molecule has 26 heavy (non-hydrogen) atoms.